The molecule has 0 radical (unpaired) electrons. The average Bonchev–Trinajstić information content (AvgIpc) is 2.24. The maximum Gasteiger partial charge on any atom is 0.233 e. The zero-order chi connectivity index (χ0) is 15.6. The Bertz CT molecular complexity index is 621. The van der Waals surface area contributed by atoms with Gasteiger partial charge in [-0.25, -0.2) is 12.8 Å². The quantitative estimate of drug-likeness (QED) is 0.341. The van der Waals surface area contributed by atoms with Crippen molar-refractivity contribution in [1.29, 1.82) is 0 Å². The second kappa shape index (κ2) is 5.66. The van der Waals surface area contributed by atoms with Crippen LogP contribution in [0, 0.1) is 11.2 Å². The number of rotatable bonds is 4. The van der Waals surface area contributed by atoms with E-state index in [0.717, 1.165) is 6.07 Å². The van der Waals surface area contributed by atoms with Crippen LogP contribution in [0.25, 0.3) is 0 Å². The standard InChI is InChI=1S/C12H18FN3O3S/c1-12(2,3)7-20(18,19)16-9-6-4-5-8(13)10(9)11(14)15-17/h4-6,16-17H,7H2,1-3H3,(H2,14,15). The predicted molar refractivity (Wildman–Crippen MR) is 75.8 cm³/mol. The van der Waals surface area contributed by atoms with Crippen LogP contribution in [0.15, 0.2) is 23.4 Å². The van der Waals surface area contributed by atoms with Crippen molar-refractivity contribution >= 4 is 21.5 Å². The highest BCUT2D eigenvalue weighted by Gasteiger charge is 2.23. The summed E-state index contributed by atoms with van der Waals surface area (Å²) in [6.07, 6.45) is 0. The highest BCUT2D eigenvalue weighted by atomic mass is 32.2. The summed E-state index contributed by atoms with van der Waals surface area (Å²) in [5, 5.41) is 11.3. The van der Waals surface area contributed by atoms with Gasteiger partial charge in [0.05, 0.1) is 17.0 Å². The van der Waals surface area contributed by atoms with Crippen LogP contribution < -0.4 is 10.5 Å². The molecule has 0 aliphatic heterocycles. The highest BCUT2D eigenvalue weighted by Crippen LogP contribution is 2.23. The van der Waals surface area contributed by atoms with Gasteiger partial charge < -0.3 is 10.9 Å². The Balaban J connectivity index is 3.20. The van der Waals surface area contributed by atoms with Crippen molar-refractivity contribution in [1.82, 2.24) is 0 Å². The van der Waals surface area contributed by atoms with Crippen molar-refractivity contribution < 1.29 is 18.0 Å². The lowest BCUT2D eigenvalue weighted by Gasteiger charge is -2.19. The molecule has 112 valence electrons. The van der Waals surface area contributed by atoms with Gasteiger partial charge >= 0.3 is 0 Å². The Morgan fingerprint density at radius 3 is 2.55 bits per heavy atom. The first-order valence-electron chi connectivity index (χ1n) is 5.82. The fraction of sp³-hybridized carbons (Fsp3) is 0.417. The summed E-state index contributed by atoms with van der Waals surface area (Å²) < 4.78 is 40.0. The molecule has 1 aromatic rings. The Kier molecular flexibility index (Phi) is 4.59. The molecule has 0 aromatic heterocycles. The van der Waals surface area contributed by atoms with E-state index < -0.39 is 27.1 Å². The van der Waals surface area contributed by atoms with E-state index in [2.05, 4.69) is 9.88 Å². The van der Waals surface area contributed by atoms with Crippen molar-refractivity contribution in [3.8, 4) is 0 Å². The molecule has 1 aromatic carbocycles. The van der Waals surface area contributed by atoms with Gasteiger partial charge in [0.1, 0.15) is 5.82 Å². The number of nitrogens with two attached hydrogens (primary N) is 1. The zero-order valence-electron chi connectivity index (χ0n) is 11.5. The van der Waals surface area contributed by atoms with Crippen LogP contribution in [0.2, 0.25) is 0 Å². The minimum Gasteiger partial charge on any atom is -0.409 e. The average molecular weight is 303 g/mol. The topological polar surface area (TPSA) is 105 Å². The summed E-state index contributed by atoms with van der Waals surface area (Å²) in [6, 6.07) is 3.77. The van der Waals surface area contributed by atoms with E-state index in [1.54, 1.807) is 20.8 Å². The number of benzene rings is 1. The summed E-state index contributed by atoms with van der Waals surface area (Å²) in [4.78, 5) is 0. The Morgan fingerprint density at radius 1 is 1.45 bits per heavy atom. The summed E-state index contributed by atoms with van der Waals surface area (Å²) in [6.45, 7) is 5.30. The van der Waals surface area contributed by atoms with Gasteiger partial charge in [0.2, 0.25) is 10.0 Å². The minimum atomic E-state index is -3.68. The van der Waals surface area contributed by atoms with Gasteiger partial charge in [-0.1, -0.05) is 32.0 Å². The van der Waals surface area contributed by atoms with E-state index in [1.165, 1.54) is 12.1 Å². The Hall–Kier alpha value is -1.83. The molecule has 0 saturated carbocycles. The molecule has 0 bridgehead atoms. The molecule has 20 heavy (non-hydrogen) atoms. The lowest BCUT2D eigenvalue weighted by Crippen LogP contribution is -2.28. The monoisotopic (exact) mass is 303 g/mol. The Labute approximate surface area is 117 Å². The molecule has 8 heteroatoms. The first-order chi connectivity index (χ1) is 9.06. The summed E-state index contributed by atoms with van der Waals surface area (Å²) >= 11 is 0. The zero-order valence-corrected chi connectivity index (χ0v) is 12.3. The van der Waals surface area contributed by atoms with Crippen molar-refractivity contribution in [2.75, 3.05) is 10.5 Å². The van der Waals surface area contributed by atoms with E-state index in [0.29, 0.717) is 0 Å². The first-order valence-corrected chi connectivity index (χ1v) is 7.48. The molecule has 6 nitrogen and oxygen atoms in total. The molecular weight excluding hydrogens is 285 g/mol. The van der Waals surface area contributed by atoms with Crippen LogP contribution in [0.4, 0.5) is 10.1 Å². The van der Waals surface area contributed by atoms with Crippen molar-refractivity contribution in [3.63, 3.8) is 0 Å². The van der Waals surface area contributed by atoms with Crippen LogP contribution in [0.1, 0.15) is 26.3 Å². The van der Waals surface area contributed by atoms with Gasteiger partial charge in [0.25, 0.3) is 0 Å². The minimum absolute atomic E-state index is 0.0652. The molecule has 0 atom stereocenters. The second-order valence-corrected chi connectivity index (χ2v) is 7.29. The molecular formula is C12H18FN3O3S. The number of oxime groups is 1. The largest absolute Gasteiger partial charge is 0.409 e. The molecule has 0 aliphatic rings. The first kappa shape index (κ1) is 16.2. The van der Waals surface area contributed by atoms with Crippen LogP contribution in [0.3, 0.4) is 0 Å². The summed E-state index contributed by atoms with van der Waals surface area (Å²) in [5.41, 5.74) is 4.55. The molecule has 4 N–H and O–H groups in total. The number of sulfonamides is 1. The van der Waals surface area contributed by atoms with Gasteiger partial charge in [-0.15, -0.1) is 0 Å². The van der Waals surface area contributed by atoms with Crippen molar-refractivity contribution in [3.05, 3.63) is 29.6 Å². The van der Waals surface area contributed by atoms with E-state index in [-0.39, 0.29) is 17.0 Å². The fourth-order valence-electron chi connectivity index (χ4n) is 1.69. The van der Waals surface area contributed by atoms with Crippen LogP contribution >= 0.6 is 0 Å². The molecule has 0 unspecified atom stereocenters. The van der Waals surface area contributed by atoms with E-state index in [1.807, 2.05) is 0 Å². The van der Waals surface area contributed by atoms with Gasteiger partial charge in [-0.3, -0.25) is 4.72 Å². The normalized spacial score (nSPS) is 13.3. The fourth-order valence-corrected chi connectivity index (χ4v) is 3.41. The lowest BCUT2D eigenvalue weighted by molar-refractivity contribution is 0.318. The molecule has 1 rings (SSSR count). The number of anilines is 1. The number of halogens is 1. The van der Waals surface area contributed by atoms with Crippen molar-refractivity contribution in [2.24, 2.45) is 16.3 Å². The number of hydrogen-bond acceptors (Lipinski definition) is 4. The maximum atomic E-state index is 13.7. The van der Waals surface area contributed by atoms with Crippen LogP contribution in [0.5, 0.6) is 0 Å². The molecule has 0 heterocycles. The van der Waals surface area contributed by atoms with E-state index >= 15 is 0 Å². The number of hydrogen-bond donors (Lipinski definition) is 3. The van der Waals surface area contributed by atoms with Gasteiger partial charge in [-0.05, 0) is 17.5 Å². The smallest absolute Gasteiger partial charge is 0.233 e. The van der Waals surface area contributed by atoms with E-state index in [4.69, 9.17) is 10.9 Å². The van der Waals surface area contributed by atoms with Gasteiger partial charge in [0.15, 0.2) is 5.84 Å². The second-order valence-electron chi connectivity index (χ2n) is 5.57. The van der Waals surface area contributed by atoms with E-state index in [9.17, 15) is 12.8 Å². The van der Waals surface area contributed by atoms with Crippen LogP contribution in [-0.4, -0.2) is 25.2 Å². The number of nitrogens with zero attached hydrogens (tertiary/aromatic N) is 1. The molecule has 0 fully saturated rings. The lowest BCUT2D eigenvalue weighted by atomic mass is 10.0. The predicted octanol–water partition coefficient (Wildman–Crippen LogP) is 1.71. The van der Waals surface area contributed by atoms with Crippen molar-refractivity contribution in [2.45, 2.75) is 20.8 Å². The number of amidine groups is 1. The van der Waals surface area contributed by atoms with Crippen LogP contribution in [-0.2, 0) is 10.0 Å². The summed E-state index contributed by atoms with van der Waals surface area (Å²) in [7, 11) is -3.68. The molecule has 0 amide bonds. The summed E-state index contributed by atoms with van der Waals surface area (Å²) in [5.74, 6) is -1.43. The molecule has 0 spiro atoms. The SMILES string of the molecule is CC(C)(C)CS(=O)(=O)Nc1cccc(F)c1C(N)=NO. The van der Waals surface area contributed by atoms with Gasteiger partial charge in [-0.2, -0.15) is 0 Å². The third kappa shape index (κ3) is 4.37. The third-order valence-corrected chi connectivity index (χ3v) is 4.04. The molecule has 0 aliphatic carbocycles. The Morgan fingerprint density at radius 2 is 2.05 bits per heavy atom. The van der Waals surface area contributed by atoms with Gasteiger partial charge in [0, 0.05) is 0 Å². The third-order valence-electron chi connectivity index (χ3n) is 2.27. The molecule has 0 saturated heterocycles. The highest BCUT2D eigenvalue weighted by molar-refractivity contribution is 7.92. The number of nitrogens with one attached hydrogen (secondary N) is 1. The maximum absolute atomic E-state index is 13.7.